The summed E-state index contributed by atoms with van der Waals surface area (Å²) in [4.78, 5) is 34.1. The number of hydrogen-bond donors (Lipinski definition) is 1. The Hall–Kier alpha value is -3.02. The van der Waals surface area contributed by atoms with E-state index in [9.17, 15) is 28.1 Å². The number of benzene rings is 2. The molecule has 1 N–H and O–H groups in total. The molecule has 0 radical (unpaired) electrons. The fraction of sp³-hybridized carbons (Fsp3) is 0.263. The lowest BCUT2D eigenvalue weighted by atomic mass is 10.2. The van der Waals surface area contributed by atoms with Crippen LogP contribution in [0.4, 0.5) is 11.4 Å². The van der Waals surface area contributed by atoms with E-state index in [1.807, 2.05) is 0 Å². The van der Waals surface area contributed by atoms with Crippen LogP contribution in [0.25, 0.3) is 0 Å². The average molecular weight is 470 g/mol. The molecule has 0 aliphatic heterocycles. The van der Waals surface area contributed by atoms with E-state index in [4.69, 9.17) is 16.3 Å². The highest BCUT2D eigenvalue weighted by Gasteiger charge is 2.23. The largest absolute Gasteiger partial charge is 0.452 e. The number of halogens is 1. The number of amides is 1. The van der Waals surface area contributed by atoms with Gasteiger partial charge < -0.3 is 10.1 Å². The Bertz CT molecular complexity index is 1080. The van der Waals surface area contributed by atoms with Gasteiger partial charge in [0, 0.05) is 25.2 Å². The fourth-order valence-corrected chi connectivity index (χ4v) is 4.24. The first-order valence-corrected chi connectivity index (χ1v) is 10.9. The van der Waals surface area contributed by atoms with Gasteiger partial charge in [0.2, 0.25) is 10.0 Å². The number of sulfonamides is 1. The van der Waals surface area contributed by atoms with Gasteiger partial charge in [-0.15, -0.1) is 0 Å². The van der Waals surface area contributed by atoms with Gasteiger partial charge in [-0.3, -0.25) is 14.9 Å². The van der Waals surface area contributed by atoms with E-state index in [-0.39, 0.29) is 39.9 Å². The predicted molar refractivity (Wildman–Crippen MR) is 114 cm³/mol. The molecule has 1 amide bonds. The highest BCUT2D eigenvalue weighted by Crippen LogP contribution is 2.27. The number of ether oxygens (including phenoxy) is 1. The van der Waals surface area contributed by atoms with Crippen LogP contribution in [0.5, 0.6) is 0 Å². The van der Waals surface area contributed by atoms with Crippen molar-refractivity contribution in [2.75, 3.05) is 25.0 Å². The predicted octanol–water partition coefficient (Wildman–Crippen LogP) is 3.07. The number of carbonyl (C=O) groups excluding carboxylic acids is 2. The van der Waals surface area contributed by atoms with Crippen molar-refractivity contribution < 1.29 is 27.7 Å². The van der Waals surface area contributed by atoms with E-state index >= 15 is 0 Å². The summed E-state index contributed by atoms with van der Waals surface area (Å²) < 4.78 is 31.4. The zero-order valence-corrected chi connectivity index (χ0v) is 18.3. The molecular weight excluding hydrogens is 450 g/mol. The first-order valence-electron chi connectivity index (χ1n) is 9.11. The standard InChI is InChI=1S/C19H20ClN3O7S/c1-3-22(4-2)31(28,29)15-9-10-16(20)17(11-15)21-18(24)12-30-19(25)13-5-7-14(8-6-13)23(26)27/h5-11H,3-4,12H2,1-2H3,(H,21,24). The minimum Gasteiger partial charge on any atom is -0.452 e. The van der Waals surface area contributed by atoms with Crippen LogP contribution in [0.15, 0.2) is 47.4 Å². The van der Waals surface area contributed by atoms with Crippen molar-refractivity contribution in [3.63, 3.8) is 0 Å². The number of esters is 1. The van der Waals surface area contributed by atoms with Crippen LogP contribution in [-0.2, 0) is 19.6 Å². The first kappa shape index (κ1) is 24.3. The first-order chi connectivity index (χ1) is 14.6. The van der Waals surface area contributed by atoms with Crippen LogP contribution in [0.2, 0.25) is 5.02 Å². The molecule has 0 fully saturated rings. The lowest BCUT2D eigenvalue weighted by Gasteiger charge is -2.19. The number of nitrogens with zero attached hydrogens (tertiary/aromatic N) is 2. The second kappa shape index (κ2) is 10.3. The molecule has 0 bridgehead atoms. The van der Waals surface area contributed by atoms with E-state index in [0.29, 0.717) is 0 Å². The number of nitrogens with one attached hydrogen (secondary N) is 1. The summed E-state index contributed by atoms with van der Waals surface area (Å²) in [5, 5.41) is 13.2. The maximum absolute atomic E-state index is 12.6. The maximum atomic E-state index is 12.6. The third-order valence-corrected chi connectivity index (χ3v) is 6.58. The molecular formula is C19H20ClN3O7S. The van der Waals surface area contributed by atoms with Crippen molar-refractivity contribution in [1.82, 2.24) is 4.31 Å². The van der Waals surface area contributed by atoms with E-state index in [2.05, 4.69) is 5.32 Å². The van der Waals surface area contributed by atoms with E-state index in [1.165, 1.54) is 34.6 Å². The SMILES string of the molecule is CCN(CC)S(=O)(=O)c1ccc(Cl)c(NC(=O)COC(=O)c2ccc([N+](=O)[O-])cc2)c1. The lowest BCUT2D eigenvalue weighted by Crippen LogP contribution is -2.30. The van der Waals surface area contributed by atoms with Crippen molar-refractivity contribution in [3.8, 4) is 0 Å². The Morgan fingerprint density at radius 2 is 1.74 bits per heavy atom. The topological polar surface area (TPSA) is 136 Å². The fourth-order valence-electron chi connectivity index (χ4n) is 2.59. The Morgan fingerprint density at radius 3 is 2.29 bits per heavy atom. The zero-order valence-electron chi connectivity index (χ0n) is 16.7. The van der Waals surface area contributed by atoms with E-state index < -0.39 is 33.4 Å². The van der Waals surface area contributed by atoms with Gasteiger partial charge >= 0.3 is 5.97 Å². The second-order valence-electron chi connectivity index (χ2n) is 6.16. The molecule has 0 aromatic heterocycles. The van der Waals surface area contributed by atoms with Crippen LogP contribution in [-0.4, -0.2) is 49.2 Å². The van der Waals surface area contributed by atoms with Gasteiger partial charge in [0.25, 0.3) is 11.6 Å². The molecule has 12 heteroatoms. The average Bonchev–Trinajstić information content (AvgIpc) is 2.74. The van der Waals surface area contributed by atoms with Gasteiger partial charge in [-0.1, -0.05) is 25.4 Å². The summed E-state index contributed by atoms with van der Waals surface area (Å²) >= 11 is 6.05. The molecule has 0 atom stereocenters. The Balaban J connectivity index is 2.06. The smallest absolute Gasteiger partial charge is 0.338 e. The molecule has 0 saturated heterocycles. The van der Waals surface area contributed by atoms with Crippen molar-refractivity contribution in [3.05, 3.63) is 63.2 Å². The molecule has 2 aromatic carbocycles. The summed E-state index contributed by atoms with van der Waals surface area (Å²) in [5.41, 5.74) is -0.112. The van der Waals surface area contributed by atoms with Crippen molar-refractivity contribution >= 4 is 44.9 Å². The molecule has 0 aliphatic carbocycles. The Morgan fingerprint density at radius 1 is 1.13 bits per heavy atom. The minimum atomic E-state index is -3.76. The number of nitro benzene ring substituents is 1. The van der Waals surface area contributed by atoms with Gasteiger partial charge in [-0.2, -0.15) is 4.31 Å². The van der Waals surface area contributed by atoms with Gasteiger partial charge in [0.05, 0.1) is 26.1 Å². The van der Waals surface area contributed by atoms with Gasteiger partial charge in [0.1, 0.15) is 0 Å². The van der Waals surface area contributed by atoms with Gasteiger partial charge in [-0.25, -0.2) is 13.2 Å². The molecule has 2 rings (SSSR count). The molecule has 31 heavy (non-hydrogen) atoms. The molecule has 0 spiro atoms. The van der Waals surface area contributed by atoms with Crippen LogP contribution < -0.4 is 5.32 Å². The molecule has 0 heterocycles. The van der Waals surface area contributed by atoms with Gasteiger partial charge in [-0.05, 0) is 30.3 Å². The summed E-state index contributed by atoms with van der Waals surface area (Å²) in [7, 11) is -3.76. The molecule has 166 valence electrons. The van der Waals surface area contributed by atoms with Crippen LogP contribution >= 0.6 is 11.6 Å². The van der Waals surface area contributed by atoms with E-state index in [0.717, 1.165) is 12.1 Å². The number of carbonyl (C=O) groups is 2. The molecule has 2 aromatic rings. The summed E-state index contributed by atoms with van der Waals surface area (Å²) in [6.45, 7) is 3.31. The van der Waals surface area contributed by atoms with E-state index in [1.54, 1.807) is 13.8 Å². The summed E-state index contributed by atoms with van der Waals surface area (Å²) in [6.07, 6.45) is 0. The van der Waals surface area contributed by atoms with Crippen molar-refractivity contribution in [2.24, 2.45) is 0 Å². The van der Waals surface area contributed by atoms with Crippen LogP contribution in [0.1, 0.15) is 24.2 Å². The minimum absolute atomic E-state index is 0.0312. The van der Waals surface area contributed by atoms with Gasteiger partial charge in [0.15, 0.2) is 6.61 Å². The molecule has 0 saturated carbocycles. The van der Waals surface area contributed by atoms with Crippen molar-refractivity contribution in [1.29, 1.82) is 0 Å². The molecule has 0 aliphatic rings. The zero-order chi connectivity index (χ0) is 23.2. The summed E-state index contributed by atoms with van der Waals surface area (Å²) in [6, 6.07) is 8.59. The number of non-ortho nitro benzene ring substituents is 1. The number of hydrogen-bond acceptors (Lipinski definition) is 7. The van der Waals surface area contributed by atoms with Crippen LogP contribution in [0.3, 0.4) is 0 Å². The monoisotopic (exact) mass is 469 g/mol. The maximum Gasteiger partial charge on any atom is 0.338 e. The highest BCUT2D eigenvalue weighted by molar-refractivity contribution is 7.89. The molecule has 10 nitrogen and oxygen atoms in total. The number of nitro groups is 1. The number of anilines is 1. The highest BCUT2D eigenvalue weighted by atomic mass is 35.5. The third kappa shape index (κ3) is 6.00. The lowest BCUT2D eigenvalue weighted by molar-refractivity contribution is -0.384. The second-order valence-corrected chi connectivity index (χ2v) is 8.50. The molecule has 0 unspecified atom stereocenters. The van der Waals surface area contributed by atoms with Crippen LogP contribution in [0, 0.1) is 10.1 Å². The Labute approximate surface area is 184 Å². The van der Waals surface area contributed by atoms with Crippen molar-refractivity contribution in [2.45, 2.75) is 18.7 Å². The normalized spacial score (nSPS) is 11.2. The third-order valence-electron chi connectivity index (χ3n) is 4.20. The summed E-state index contributed by atoms with van der Waals surface area (Å²) in [5.74, 6) is -1.59. The quantitative estimate of drug-likeness (QED) is 0.338. The number of rotatable bonds is 9. The Kier molecular flexibility index (Phi) is 8.08.